The number of hydrogen-bond donors (Lipinski definition) is 2. The molecule has 1 aliphatic carbocycles. The zero-order valence-corrected chi connectivity index (χ0v) is 16.9. The molecule has 1 aliphatic heterocycles. The van der Waals surface area contributed by atoms with Crippen molar-refractivity contribution in [2.75, 3.05) is 0 Å². The molecule has 2 N–H and O–H groups in total. The van der Waals surface area contributed by atoms with Crippen molar-refractivity contribution in [2.45, 2.75) is 57.2 Å². The van der Waals surface area contributed by atoms with Crippen LogP contribution >= 0.6 is 0 Å². The Balaban J connectivity index is 1.63. The predicted octanol–water partition coefficient (Wildman–Crippen LogP) is 5.23. The molecule has 1 spiro atoms. The Kier molecular flexibility index (Phi) is 5.72. The minimum absolute atomic E-state index is 0.111. The van der Waals surface area contributed by atoms with Gasteiger partial charge in [-0.05, 0) is 36.8 Å². The first kappa shape index (κ1) is 19.7. The molecule has 1 fully saturated rings. The lowest BCUT2D eigenvalue weighted by Gasteiger charge is -2.31. The lowest BCUT2D eigenvalue weighted by Crippen LogP contribution is -2.34. The predicted molar refractivity (Wildman–Crippen MR) is 113 cm³/mol. The van der Waals surface area contributed by atoms with Crippen molar-refractivity contribution < 1.29 is 14.6 Å². The van der Waals surface area contributed by atoms with Gasteiger partial charge in [-0.25, -0.2) is 4.79 Å². The van der Waals surface area contributed by atoms with Gasteiger partial charge in [0.25, 0.3) is 0 Å². The van der Waals surface area contributed by atoms with Crippen LogP contribution in [0.4, 0.5) is 0 Å². The van der Waals surface area contributed by atoms with Gasteiger partial charge >= 0.3 is 5.97 Å². The van der Waals surface area contributed by atoms with Gasteiger partial charge in [-0.15, -0.1) is 0 Å². The highest BCUT2D eigenvalue weighted by Crippen LogP contribution is 2.46. The number of carbonyl (C=O) groups excluding carboxylic acids is 1. The van der Waals surface area contributed by atoms with Gasteiger partial charge in [0.15, 0.2) is 5.60 Å². The van der Waals surface area contributed by atoms with E-state index < -0.39 is 5.60 Å². The highest BCUT2D eigenvalue weighted by Gasteiger charge is 2.50. The minimum Gasteiger partial charge on any atom is -0.507 e. The molecule has 4 heteroatoms. The van der Waals surface area contributed by atoms with Crippen LogP contribution in [0, 0.1) is 5.92 Å². The quantitative estimate of drug-likeness (QED) is 0.663. The molecule has 2 aromatic rings. The van der Waals surface area contributed by atoms with Crippen molar-refractivity contribution in [1.82, 2.24) is 5.32 Å². The topological polar surface area (TPSA) is 58.6 Å². The maximum Gasteiger partial charge on any atom is 0.338 e. The number of esters is 1. The van der Waals surface area contributed by atoms with E-state index in [1.807, 2.05) is 43.3 Å². The third kappa shape index (κ3) is 3.95. The van der Waals surface area contributed by atoms with Crippen LogP contribution in [0.5, 0.6) is 0 Å². The lowest BCUT2D eigenvalue weighted by atomic mass is 9.80. The standard InChI is InChI=1S/C25H29NO3/c1-18(21-23(27)25(29-24(21)28)15-9-4-10-16-25)22(20-13-7-3-8-14-20)26-17-19-11-5-2-6-12-19/h2-3,5-8,11-14,18,22,26-27H,4,9-10,15-17H2,1H3/t18-,22+/m0/s1. The van der Waals surface area contributed by atoms with Gasteiger partial charge in [0.05, 0.1) is 5.57 Å². The molecule has 0 radical (unpaired) electrons. The Labute approximate surface area is 172 Å². The molecule has 4 nitrogen and oxygen atoms in total. The number of aliphatic hydroxyl groups excluding tert-OH is 1. The van der Waals surface area contributed by atoms with Crippen LogP contribution in [-0.2, 0) is 16.1 Å². The van der Waals surface area contributed by atoms with Crippen LogP contribution in [-0.4, -0.2) is 16.7 Å². The van der Waals surface area contributed by atoms with Gasteiger partial charge in [-0.2, -0.15) is 0 Å². The SMILES string of the molecule is C[C@@H](C1=C(O)C2(CCCCC2)OC1=O)[C@@H](NCc1ccccc1)c1ccccc1. The molecule has 152 valence electrons. The molecule has 0 amide bonds. The van der Waals surface area contributed by atoms with Crippen molar-refractivity contribution in [3.63, 3.8) is 0 Å². The Hall–Kier alpha value is -2.59. The normalized spacial score (nSPS) is 20.5. The van der Waals surface area contributed by atoms with Crippen LogP contribution in [0.15, 0.2) is 72.0 Å². The van der Waals surface area contributed by atoms with Gasteiger partial charge in [-0.1, -0.05) is 74.0 Å². The maximum atomic E-state index is 12.8. The summed E-state index contributed by atoms with van der Waals surface area (Å²) < 4.78 is 5.79. The van der Waals surface area contributed by atoms with E-state index in [2.05, 4.69) is 29.6 Å². The summed E-state index contributed by atoms with van der Waals surface area (Å²) in [5, 5.41) is 14.7. The molecular weight excluding hydrogens is 362 g/mol. The Morgan fingerprint density at radius 3 is 2.28 bits per heavy atom. The van der Waals surface area contributed by atoms with E-state index in [-0.39, 0.29) is 23.7 Å². The summed E-state index contributed by atoms with van der Waals surface area (Å²) in [5.74, 6) is -0.411. The summed E-state index contributed by atoms with van der Waals surface area (Å²) in [6.07, 6.45) is 4.52. The lowest BCUT2D eigenvalue weighted by molar-refractivity contribution is -0.151. The van der Waals surface area contributed by atoms with E-state index in [4.69, 9.17) is 4.74 Å². The molecule has 0 bridgehead atoms. The van der Waals surface area contributed by atoms with Crippen LogP contribution in [0.2, 0.25) is 0 Å². The third-order valence-electron chi connectivity index (χ3n) is 6.34. The van der Waals surface area contributed by atoms with E-state index in [1.165, 1.54) is 5.56 Å². The molecule has 0 unspecified atom stereocenters. The largest absolute Gasteiger partial charge is 0.507 e. The summed E-state index contributed by atoms with van der Waals surface area (Å²) in [6, 6.07) is 20.2. The van der Waals surface area contributed by atoms with Gasteiger partial charge in [-0.3, -0.25) is 0 Å². The molecular formula is C25H29NO3. The van der Waals surface area contributed by atoms with Crippen molar-refractivity contribution in [1.29, 1.82) is 0 Å². The smallest absolute Gasteiger partial charge is 0.338 e. The second kappa shape index (κ2) is 8.42. The van der Waals surface area contributed by atoms with Gasteiger partial charge in [0.2, 0.25) is 0 Å². The Bertz CT molecular complexity index is 869. The molecule has 29 heavy (non-hydrogen) atoms. The summed E-state index contributed by atoms with van der Waals surface area (Å²) >= 11 is 0. The second-order valence-electron chi connectivity index (χ2n) is 8.25. The first-order valence-electron chi connectivity index (χ1n) is 10.6. The van der Waals surface area contributed by atoms with Gasteiger partial charge in [0, 0.05) is 18.5 Å². The van der Waals surface area contributed by atoms with Crippen LogP contribution in [0.3, 0.4) is 0 Å². The highest BCUT2D eigenvalue weighted by atomic mass is 16.6. The van der Waals surface area contributed by atoms with E-state index in [9.17, 15) is 9.90 Å². The number of rotatable bonds is 6. The fourth-order valence-electron chi connectivity index (χ4n) is 4.72. The Morgan fingerprint density at radius 2 is 1.62 bits per heavy atom. The van der Waals surface area contributed by atoms with Gasteiger partial charge < -0.3 is 15.2 Å². The maximum absolute atomic E-state index is 12.8. The third-order valence-corrected chi connectivity index (χ3v) is 6.34. The summed E-state index contributed by atoms with van der Waals surface area (Å²) in [4.78, 5) is 12.8. The molecule has 2 aromatic carbocycles. The van der Waals surface area contributed by atoms with E-state index in [0.29, 0.717) is 25.0 Å². The first-order valence-corrected chi connectivity index (χ1v) is 10.6. The summed E-state index contributed by atoms with van der Waals surface area (Å²) in [5.41, 5.74) is 1.91. The average molecular weight is 392 g/mol. The fraction of sp³-hybridized carbons (Fsp3) is 0.400. The van der Waals surface area contributed by atoms with E-state index in [1.54, 1.807) is 0 Å². The van der Waals surface area contributed by atoms with Crippen molar-refractivity contribution in [2.24, 2.45) is 5.92 Å². The summed E-state index contributed by atoms with van der Waals surface area (Å²) in [7, 11) is 0. The fourth-order valence-corrected chi connectivity index (χ4v) is 4.72. The minimum atomic E-state index is -0.792. The average Bonchev–Trinajstić information content (AvgIpc) is 2.99. The highest BCUT2D eigenvalue weighted by molar-refractivity contribution is 5.93. The van der Waals surface area contributed by atoms with E-state index >= 15 is 0 Å². The van der Waals surface area contributed by atoms with Crippen molar-refractivity contribution in [3.05, 3.63) is 83.1 Å². The Morgan fingerprint density at radius 1 is 1.00 bits per heavy atom. The van der Waals surface area contributed by atoms with Gasteiger partial charge in [0.1, 0.15) is 5.76 Å². The molecule has 2 atom stereocenters. The molecule has 4 rings (SSSR count). The van der Waals surface area contributed by atoms with E-state index in [0.717, 1.165) is 24.8 Å². The number of ether oxygens (including phenoxy) is 1. The molecule has 0 aromatic heterocycles. The van der Waals surface area contributed by atoms with Crippen LogP contribution in [0.25, 0.3) is 0 Å². The number of aliphatic hydroxyl groups is 1. The zero-order valence-electron chi connectivity index (χ0n) is 16.9. The number of benzene rings is 2. The molecule has 0 saturated heterocycles. The van der Waals surface area contributed by atoms with Crippen LogP contribution < -0.4 is 5.32 Å². The summed E-state index contributed by atoms with van der Waals surface area (Å²) in [6.45, 7) is 2.68. The molecule has 2 aliphatic rings. The second-order valence-corrected chi connectivity index (χ2v) is 8.25. The first-order chi connectivity index (χ1) is 14.1. The zero-order chi connectivity index (χ0) is 20.3. The number of nitrogens with one attached hydrogen (secondary N) is 1. The monoisotopic (exact) mass is 391 g/mol. The molecule has 1 saturated carbocycles. The van der Waals surface area contributed by atoms with Crippen LogP contribution in [0.1, 0.15) is 56.2 Å². The van der Waals surface area contributed by atoms with Crippen molar-refractivity contribution >= 4 is 5.97 Å². The number of carbonyl (C=O) groups is 1. The number of hydrogen-bond acceptors (Lipinski definition) is 4. The molecule has 1 heterocycles. The van der Waals surface area contributed by atoms with Crippen molar-refractivity contribution in [3.8, 4) is 0 Å².